The number of unbranched alkanes of at least 4 members (excludes halogenated alkanes) is 1. The highest BCUT2D eigenvalue weighted by molar-refractivity contribution is 7.09. The highest BCUT2D eigenvalue weighted by atomic mass is 32.1. The van der Waals surface area contributed by atoms with Gasteiger partial charge in [-0.25, -0.2) is 4.79 Å². The quantitative estimate of drug-likeness (QED) is 0.127. The maximum absolute atomic E-state index is 13.9. The second-order valence-corrected chi connectivity index (χ2v) is 11.6. The van der Waals surface area contributed by atoms with Crippen LogP contribution in [0.25, 0.3) is 0 Å². The molecule has 1 heterocycles. The van der Waals surface area contributed by atoms with Crippen molar-refractivity contribution in [3.63, 3.8) is 0 Å². The summed E-state index contributed by atoms with van der Waals surface area (Å²) < 4.78 is 5.85. The zero-order valence-electron chi connectivity index (χ0n) is 24.9. The molecule has 0 radical (unpaired) electrons. The molecule has 9 heteroatoms. The molecule has 0 saturated heterocycles. The Labute approximate surface area is 262 Å². The van der Waals surface area contributed by atoms with Crippen LogP contribution in [0.1, 0.15) is 60.2 Å². The van der Waals surface area contributed by atoms with Crippen LogP contribution in [0, 0.1) is 0 Å². The molecule has 0 bridgehead atoms. The summed E-state index contributed by atoms with van der Waals surface area (Å²) in [4.78, 5) is 41.8. The number of hydrogen-bond acceptors (Lipinski definition) is 5. The molecule has 230 valence electrons. The molecular formula is C35H39N3O5S. The predicted molar refractivity (Wildman–Crippen MR) is 172 cm³/mol. The van der Waals surface area contributed by atoms with Gasteiger partial charge in [0.2, 0.25) is 5.91 Å². The van der Waals surface area contributed by atoms with E-state index in [1.165, 1.54) is 0 Å². The zero-order valence-corrected chi connectivity index (χ0v) is 25.7. The van der Waals surface area contributed by atoms with E-state index in [1.807, 2.05) is 85.1 Å². The molecule has 3 aromatic carbocycles. The first kappa shape index (κ1) is 32.3. The molecule has 0 aliphatic carbocycles. The summed E-state index contributed by atoms with van der Waals surface area (Å²) in [5.41, 5.74) is 2.65. The lowest BCUT2D eigenvalue weighted by Crippen LogP contribution is -2.51. The lowest BCUT2D eigenvalue weighted by Gasteiger charge is -2.28. The van der Waals surface area contributed by atoms with E-state index in [9.17, 15) is 19.5 Å². The Bertz CT molecular complexity index is 1450. The normalized spacial score (nSPS) is 12.1. The molecule has 2 atom stereocenters. The standard InChI is InChI=1S/C35H39N3O5S/c1-2-3-16-31(34(41)38(24-30-15-10-21-44-30)23-26-11-6-4-7-12-26)36-35(42)37-32(22-33(39)40)28-17-19-29(20-18-28)43-25-27-13-8-5-9-14-27/h4-15,17-21,31-32H,2-3,16,22-25H2,1H3,(H,39,40)(H2,36,37,42)/t31-,32-/m0/s1. The fraction of sp³-hybridized carbons (Fsp3) is 0.286. The number of thiophene rings is 1. The van der Waals surface area contributed by atoms with Crippen molar-refractivity contribution in [2.45, 2.75) is 64.4 Å². The number of carbonyl (C=O) groups excluding carboxylic acids is 2. The fourth-order valence-corrected chi connectivity index (χ4v) is 5.53. The molecule has 0 aliphatic heterocycles. The minimum atomic E-state index is -1.05. The van der Waals surface area contributed by atoms with E-state index in [0.29, 0.717) is 37.4 Å². The van der Waals surface area contributed by atoms with Crippen molar-refractivity contribution >= 4 is 29.2 Å². The van der Waals surface area contributed by atoms with Crippen LogP contribution in [-0.2, 0) is 29.3 Å². The van der Waals surface area contributed by atoms with Gasteiger partial charge in [-0.3, -0.25) is 9.59 Å². The van der Waals surface area contributed by atoms with Gasteiger partial charge in [0.15, 0.2) is 0 Å². The number of amides is 3. The van der Waals surface area contributed by atoms with Gasteiger partial charge in [-0.2, -0.15) is 0 Å². The highest BCUT2D eigenvalue weighted by Gasteiger charge is 2.28. The molecule has 0 spiro atoms. The Hall–Kier alpha value is -4.63. The highest BCUT2D eigenvalue weighted by Crippen LogP contribution is 2.22. The van der Waals surface area contributed by atoms with E-state index in [4.69, 9.17) is 4.74 Å². The van der Waals surface area contributed by atoms with Crippen LogP contribution in [0.4, 0.5) is 4.79 Å². The van der Waals surface area contributed by atoms with E-state index >= 15 is 0 Å². The van der Waals surface area contributed by atoms with Gasteiger partial charge in [-0.15, -0.1) is 11.3 Å². The van der Waals surface area contributed by atoms with E-state index < -0.39 is 24.1 Å². The Kier molecular flexibility index (Phi) is 12.4. The van der Waals surface area contributed by atoms with Crippen LogP contribution >= 0.6 is 11.3 Å². The van der Waals surface area contributed by atoms with Crippen LogP contribution < -0.4 is 15.4 Å². The predicted octanol–water partition coefficient (Wildman–Crippen LogP) is 6.93. The molecule has 44 heavy (non-hydrogen) atoms. The van der Waals surface area contributed by atoms with E-state index in [1.54, 1.807) is 40.5 Å². The third-order valence-electron chi connectivity index (χ3n) is 7.12. The smallest absolute Gasteiger partial charge is 0.315 e. The number of rotatable bonds is 16. The summed E-state index contributed by atoms with van der Waals surface area (Å²) in [7, 11) is 0. The van der Waals surface area contributed by atoms with Crippen molar-refractivity contribution in [3.8, 4) is 5.75 Å². The first-order valence-electron chi connectivity index (χ1n) is 14.8. The summed E-state index contributed by atoms with van der Waals surface area (Å²) in [6, 6.07) is 28.3. The van der Waals surface area contributed by atoms with Crippen molar-refractivity contribution in [1.29, 1.82) is 0 Å². The number of aliphatic carboxylic acids is 1. The SMILES string of the molecule is CCCC[C@H](NC(=O)N[C@@H](CC(=O)O)c1ccc(OCc2ccccc2)cc1)C(=O)N(Cc1ccccc1)Cc1cccs1. The molecule has 3 N–H and O–H groups in total. The molecule has 3 amide bonds. The molecule has 1 aromatic heterocycles. The Morgan fingerprint density at radius 2 is 1.52 bits per heavy atom. The number of ether oxygens (including phenoxy) is 1. The summed E-state index contributed by atoms with van der Waals surface area (Å²) in [6.07, 6.45) is 1.76. The number of carboxylic acids is 1. The third-order valence-corrected chi connectivity index (χ3v) is 7.98. The van der Waals surface area contributed by atoms with Crippen LogP contribution in [0.15, 0.2) is 102 Å². The molecule has 4 rings (SSSR count). The van der Waals surface area contributed by atoms with Crippen molar-refractivity contribution in [2.24, 2.45) is 0 Å². The van der Waals surface area contributed by atoms with Gasteiger partial charge < -0.3 is 25.4 Å². The Morgan fingerprint density at radius 1 is 0.841 bits per heavy atom. The molecule has 0 aliphatic rings. The number of nitrogens with one attached hydrogen (secondary N) is 2. The maximum atomic E-state index is 13.9. The average Bonchev–Trinajstić information content (AvgIpc) is 3.55. The van der Waals surface area contributed by atoms with E-state index in [-0.39, 0.29) is 12.3 Å². The third kappa shape index (κ3) is 10.3. The first-order chi connectivity index (χ1) is 21.4. The topological polar surface area (TPSA) is 108 Å². The van der Waals surface area contributed by atoms with Gasteiger partial charge in [0, 0.05) is 11.4 Å². The van der Waals surface area contributed by atoms with Gasteiger partial charge in [0.05, 0.1) is 19.0 Å². The van der Waals surface area contributed by atoms with Crippen molar-refractivity contribution in [2.75, 3.05) is 0 Å². The number of carboxylic acid groups (broad SMARTS) is 1. The number of nitrogens with zero attached hydrogens (tertiary/aromatic N) is 1. The van der Waals surface area contributed by atoms with E-state index in [0.717, 1.165) is 28.8 Å². The van der Waals surface area contributed by atoms with Gasteiger partial charge in [-0.1, -0.05) is 98.6 Å². The van der Waals surface area contributed by atoms with Gasteiger partial charge in [0.1, 0.15) is 18.4 Å². The van der Waals surface area contributed by atoms with Crippen molar-refractivity contribution in [1.82, 2.24) is 15.5 Å². The molecule has 0 unspecified atom stereocenters. The molecule has 4 aromatic rings. The van der Waals surface area contributed by atoms with Crippen LogP contribution in [0.2, 0.25) is 0 Å². The Balaban J connectivity index is 1.45. The minimum absolute atomic E-state index is 0.180. The number of carbonyl (C=O) groups is 3. The molecule has 0 saturated carbocycles. The van der Waals surface area contributed by atoms with Gasteiger partial charge in [0.25, 0.3) is 0 Å². The molecular weight excluding hydrogens is 574 g/mol. The first-order valence-corrected chi connectivity index (χ1v) is 15.7. The van der Waals surface area contributed by atoms with Crippen LogP contribution in [-0.4, -0.2) is 34.0 Å². The monoisotopic (exact) mass is 613 g/mol. The summed E-state index contributed by atoms with van der Waals surface area (Å²) in [5.74, 6) is -0.602. The van der Waals surface area contributed by atoms with Gasteiger partial charge >= 0.3 is 12.0 Å². The second kappa shape index (κ2) is 16.9. The zero-order chi connectivity index (χ0) is 31.1. The molecule has 8 nitrogen and oxygen atoms in total. The molecule has 0 fully saturated rings. The summed E-state index contributed by atoms with van der Waals surface area (Å²) >= 11 is 1.58. The lowest BCUT2D eigenvalue weighted by molar-refractivity contribution is -0.137. The fourth-order valence-electron chi connectivity index (χ4n) is 4.81. The summed E-state index contributed by atoms with van der Waals surface area (Å²) in [6.45, 7) is 3.27. The van der Waals surface area contributed by atoms with Crippen molar-refractivity contribution in [3.05, 3.63) is 124 Å². The second-order valence-electron chi connectivity index (χ2n) is 10.6. The Morgan fingerprint density at radius 3 is 2.14 bits per heavy atom. The average molecular weight is 614 g/mol. The number of hydrogen-bond donors (Lipinski definition) is 3. The number of urea groups is 1. The van der Waals surface area contributed by atoms with Gasteiger partial charge in [-0.05, 0) is 46.7 Å². The lowest BCUT2D eigenvalue weighted by atomic mass is 10.0. The van der Waals surface area contributed by atoms with Crippen LogP contribution in [0.5, 0.6) is 5.75 Å². The summed E-state index contributed by atoms with van der Waals surface area (Å²) in [5, 5.41) is 17.2. The van der Waals surface area contributed by atoms with Crippen LogP contribution in [0.3, 0.4) is 0 Å². The minimum Gasteiger partial charge on any atom is -0.489 e. The van der Waals surface area contributed by atoms with Crippen molar-refractivity contribution < 1.29 is 24.2 Å². The van der Waals surface area contributed by atoms with E-state index in [2.05, 4.69) is 10.6 Å². The number of benzene rings is 3. The maximum Gasteiger partial charge on any atom is 0.315 e. The largest absolute Gasteiger partial charge is 0.489 e.